The molecule has 0 aliphatic rings. The largest absolute Gasteiger partial charge is 0.323 e. The minimum absolute atomic E-state index is 0.680. The van der Waals surface area contributed by atoms with Crippen molar-refractivity contribution in [1.29, 1.82) is 0 Å². The van der Waals surface area contributed by atoms with E-state index in [1.807, 2.05) is 32.1 Å². The molecule has 2 heterocycles. The molecule has 0 aliphatic heterocycles. The smallest absolute Gasteiger partial charge is 0.153 e. The zero-order valence-electron chi connectivity index (χ0n) is 9.23. The number of aromatic nitrogens is 4. The Hall–Kier alpha value is -2.17. The maximum atomic E-state index is 4.30. The van der Waals surface area contributed by atoms with Crippen molar-refractivity contribution in [2.75, 3.05) is 5.32 Å². The Morgan fingerprint density at radius 1 is 1.38 bits per heavy atom. The van der Waals surface area contributed by atoms with Crippen LogP contribution in [0.1, 0.15) is 18.4 Å². The molecule has 0 radical (unpaired) electrons. The molecule has 16 heavy (non-hydrogen) atoms. The van der Waals surface area contributed by atoms with Crippen LogP contribution in [0, 0.1) is 6.92 Å². The third-order valence-corrected chi connectivity index (χ3v) is 1.95. The van der Waals surface area contributed by atoms with Crippen LogP contribution in [0.15, 0.2) is 24.4 Å². The monoisotopic (exact) mass is 215 g/mol. The summed E-state index contributed by atoms with van der Waals surface area (Å²) in [7, 11) is 0. The molecule has 2 aromatic rings. The zero-order chi connectivity index (χ0) is 11.4. The minimum Gasteiger partial charge on any atom is -0.323 e. The number of rotatable bonds is 3. The average Bonchev–Trinajstić information content (AvgIpc) is 2.65. The first-order valence-electron chi connectivity index (χ1n) is 5.02. The van der Waals surface area contributed by atoms with Crippen molar-refractivity contribution in [1.82, 2.24) is 20.2 Å². The second-order valence-corrected chi connectivity index (χ2v) is 3.36. The predicted octanol–water partition coefficient (Wildman–Crippen LogP) is 2.28. The highest BCUT2D eigenvalue weighted by Gasteiger charge is 2.00. The van der Waals surface area contributed by atoms with Gasteiger partial charge in [0.1, 0.15) is 5.82 Å². The minimum atomic E-state index is 0.680. The molecule has 0 atom stereocenters. The second kappa shape index (κ2) is 4.57. The molecule has 0 fully saturated rings. The number of anilines is 2. The molecule has 0 unspecified atom stereocenters. The fourth-order valence-electron chi connectivity index (χ4n) is 1.29. The highest BCUT2D eigenvalue weighted by Crippen LogP contribution is 2.12. The van der Waals surface area contributed by atoms with Gasteiger partial charge in [0.2, 0.25) is 0 Å². The Bertz CT molecular complexity index is 501. The van der Waals surface area contributed by atoms with E-state index in [-0.39, 0.29) is 0 Å². The van der Waals surface area contributed by atoms with Crippen molar-refractivity contribution < 1.29 is 0 Å². The first kappa shape index (κ1) is 10.4. The van der Waals surface area contributed by atoms with Crippen LogP contribution >= 0.6 is 0 Å². The van der Waals surface area contributed by atoms with Gasteiger partial charge in [0.05, 0.1) is 0 Å². The van der Waals surface area contributed by atoms with E-state index in [1.165, 1.54) is 0 Å². The molecule has 0 aromatic carbocycles. The summed E-state index contributed by atoms with van der Waals surface area (Å²) in [5.41, 5.74) is 1.00. The van der Waals surface area contributed by atoms with Crippen LogP contribution in [0.25, 0.3) is 6.08 Å². The fraction of sp³-hybridized carbons (Fsp3) is 0.182. The summed E-state index contributed by atoms with van der Waals surface area (Å²) in [6.07, 6.45) is 5.46. The van der Waals surface area contributed by atoms with Gasteiger partial charge in [-0.2, -0.15) is 5.10 Å². The van der Waals surface area contributed by atoms with Crippen molar-refractivity contribution in [3.8, 4) is 0 Å². The molecular formula is C11H13N5. The highest BCUT2D eigenvalue weighted by atomic mass is 15.2. The van der Waals surface area contributed by atoms with Crippen LogP contribution in [0.3, 0.4) is 0 Å². The van der Waals surface area contributed by atoms with Crippen LogP contribution in [-0.4, -0.2) is 20.2 Å². The van der Waals surface area contributed by atoms with Gasteiger partial charge in [-0.3, -0.25) is 5.10 Å². The van der Waals surface area contributed by atoms with Gasteiger partial charge < -0.3 is 5.32 Å². The maximum absolute atomic E-state index is 4.30. The zero-order valence-corrected chi connectivity index (χ0v) is 9.23. The fourth-order valence-corrected chi connectivity index (χ4v) is 1.29. The normalized spacial score (nSPS) is 10.9. The average molecular weight is 215 g/mol. The van der Waals surface area contributed by atoms with Crippen LogP contribution < -0.4 is 5.32 Å². The summed E-state index contributed by atoms with van der Waals surface area (Å²) in [5, 5.41) is 10.0. The lowest BCUT2D eigenvalue weighted by Gasteiger charge is -2.01. The molecule has 0 saturated heterocycles. The Morgan fingerprint density at radius 3 is 2.94 bits per heavy atom. The van der Waals surface area contributed by atoms with Crippen molar-refractivity contribution in [2.24, 2.45) is 0 Å². The van der Waals surface area contributed by atoms with E-state index >= 15 is 0 Å². The highest BCUT2D eigenvalue weighted by molar-refractivity contribution is 5.53. The Balaban J connectivity index is 2.18. The van der Waals surface area contributed by atoms with E-state index in [1.54, 1.807) is 12.3 Å². The van der Waals surface area contributed by atoms with Crippen LogP contribution in [0.2, 0.25) is 0 Å². The summed E-state index contributed by atoms with van der Waals surface area (Å²) >= 11 is 0. The molecule has 0 bridgehead atoms. The van der Waals surface area contributed by atoms with Crippen LogP contribution in [-0.2, 0) is 0 Å². The second-order valence-electron chi connectivity index (χ2n) is 3.36. The third kappa shape index (κ3) is 2.44. The predicted molar refractivity (Wildman–Crippen MR) is 63.3 cm³/mol. The first-order valence-corrected chi connectivity index (χ1v) is 5.02. The lowest BCUT2D eigenvalue weighted by Crippen LogP contribution is -1.96. The van der Waals surface area contributed by atoms with Gasteiger partial charge in [-0.25, -0.2) is 9.97 Å². The van der Waals surface area contributed by atoms with Gasteiger partial charge in [-0.1, -0.05) is 6.08 Å². The molecule has 0 saturated carbocycles. The maximum Gasteiger partial charge on any atom is 0.153 e. The summed E-state index contributed by atoms with van der Waals surface area (Å²) in [6, 6.07) is 3.72. The summed E-state index contributed by atoms with van der Waals surface area (Å²) in [4.78, 5) is 8.41. The van der Waals surface area contributed by atoms with Gasteiger partial charge >= 0.3 is 0 Å². The van der Waals surface area contributed by atoms with Gasteiger partial charge in [0.15, 0.2) is 11.6 Å². The first-order chi connectivity index (χ1) is 7.78. The van der Waals surface area contributed by atoms with Gasteiger partial charge in [0.25, 0.3) is 0 Å². The van der Waals surface area contributed by atoms with E-state index in [4.69, 9.17) is 0 Å². The lowest BCUT2D eigenvalue weighted by atomic mass is 10.4. The van der Waals surface area contributed by atoms with Crippen LogP contribution in [0.4, 0.5) is 11.6 Å². The molecule has 82 valence electrons. The Labute approximate surface area is 93.6 Å². The molecule has 0 aliphatic carbocycles. The number of nitrogens with one attached hydrogen (secondary N) is 2. The molecule has 2 N–H and O–H groups in total. The van der Waals surface area contributed by atoms with E-state index in [2.05, 4.69) is 25.5 Å². The Morgan fingerprint density at radius 2 is 2.25 bits per heavy atom. The van der Waals surface area contributed by atoms with Gasteiger partial charge in [-0.15, -0.1) is 0 Å². The summed E-state index contributed by atoms with van der Waals surface area (Å²) in [5.74, 6) is 2.16. The molecule has 5 nitrogen and oxygen atoms in total. The third-order valence-electron chi connectivity index (χ3n) is 1.95. The lowest BCUT2D eigenvalue weighted by molar-refractivity contribution is 1.04. The number of allylic oxidation sites excluding steroid dienone is 1. The van der Waals surface area contributed by atoms with E-state index in [0.717, 1.165) is 17.3 Å². The number of nitrogens with zero attached hydrogens (tertiary/aromatic N) is 3. The molecule has 2 aromatic heterocycles. The van der Waals surface area contributed by atoms with Crippen molar-refractivity contribution >= 4 is 17.7 Å². The number of hydrogen-bond acceptors (Lipinski definition) is 4. The van der Waals surface area contributed by atoms with E-state index in [9.17, 15) is 0 Å². The molecule has 5 heteroatoms. The molecular weight excluding hydrogens is 202 g/mol. The SMILES string of the molecule is C/C=C/c1nccc(Nc2cc(C)[nH]n2)n1. The standard InChI is InChI=1S/C11H13N5/c1-3-4-9-12-6-5-10(13-9)14-11-7-8(2)15-16-11/h3-7H,1-2H3,(H2,12,13,14,15,16)/b4-3+. The number of hydrogen-bond donors (Lipinski definition) is 2. The number of H-pyrrole nitrogens is 1. The van der Waals surface area contributed by atoms with Crippen molar-refractivity contribution in [3.63, 3.8) is 0 Å². The number of aryl methyl sites for hydroxylation is 1. The van der Waals surface area contributed by atoms with Gasteiger partial charge in [-0.05, 0) is 26.0 Å². The molecule has 0 amide bonds. The summed E-state index contributed by atoms with van der Waals surface area (Å²) < 4.78 is 0. The van der Waals surface area contributed by atoms with E-state index in [0.29, 0.717) is 5.82 Å². The van der Waals surface area contributed by atoms with E-state index < -0.39 is 0 Å². The Kier molecular flexibility index (Phi) is 2.95. The quantitative estimate of drug-likeness (QED) is 0.824. The topological polar surface area (TPSA) is 66.5 Å². The molecule has 0 spiro atoms. The number of aromatic amines is 1. The van der Waals surface area contributed by atoms with Crippen LogP contribution in [0.5, 0.6) is 0 Å². The van der Waals surface area contributed by atoms with Crippen molar-refractivity contribution in [2.45, 2.75) is 13.8 Å². The van der Waals surface area contributed by atoms with Crippen molar-refractivity contribution in [3.05, 3.63) is 35.9 Å². The molecule has 2 rings (SSSR count). The van der Waals surface area contributed by atoms with Gasteiger partial charge in [0, 0.05) is 18.0 Å². The summed E-state index contributed by atoms with van der Waals surface area (Å²) in [6.45, 7) is 3.88.